The second kappa shape index (κ2) is 5.91. The molecule has 0 aliphatic carbocycles. The molecule has 0 radical (unpaired) electrons. The van der Waals surface area contributed by atoms with Gasteiger partial charge in [-0.2, -0.15) is 0 Å². The molecule has 3 rings (SSSR count). The summed E-state index contributed by atoms with van der Waals surface area (Å²) < 4.78 is 5.79. The van der Waals surface area contributed by atoms with Crippen molar-refractivity contribution in [2.45, 2.75) is 43.5 Å². The quantitative estimate of drug-likeness (QED) is 0.597. The van der Waals surface area contributed by atoms with E-state index < -0.39 is 23.2 Å². The number of phenols is 2. The number of aromatic hydroxyl groups is 2. The van der Waals surface area contributed by atoms with Crippen LogP contribution in [0.4, 0.5) is 0 Å². The number of carbonyl (C=O) groups is 1. The number of hydrogen-bond acceptors (Lipinski definition) is 6. The molecule has 2 aliphatic rings. The zero-order valence-corrected chi connectivity index (χ0v) is 13.6. The third-order valence-electron chi connectivity index (χ3n) is 5.14. The van der Waals surface area contributed by atoms with Gasteiger partial charge in [0.25, 0.3) is 5.91 Å². The Morgan fingerprint density at radius 2 is 1.83 bits per heavy atom. The minimum Gasteiger partial charge on any atom is -0.507 e. The van der Waals surface area contributed by atoms with Crippen molar-refractivity contribution in [2.24, 2.45) is 0 Å². The number of carbonyl (C=O) groups excluding carboxylic acids is 1. The molecule has 2 saturated heterocycles. The molecule has 1 spiro atoms. The summed E-state index contributed by atoms with van der Waals surface area (Å²) in [6.45, 7) is 2.44. The van der Waals surface area contributed by atoms with E-state index in [4.69, 9.17) is 4.74 Å². The van der Waals surface area contributed by atoms with Crippen LogP contribution in [-0.2, 0) is 4.74 Å². The fourth-order valence-corrected chi connectivity index (χ4v) is 3.60. The van der Waals surface area contributed by atoms with E-state index in [1.807, 2.05) is 0 Å². The minimum atomic E-state index is -1.21. The maximum atomic E-state index is 12.6. The van der Waals surface area contributed by atoms with E-state index in [0.717, 1.165) is 0 Å². The summed E-state index contributed by atoms with van der Waals surface area (Å²) >= 11 is 0. The average Bonchev–Trinajstić information content (AvgIpc) is 2.51. The van der Waals surface area contributed by atoms with Gasteiger partial charge in [-0.25, -0.2) is 0 Å². The zero-order chi connectivity index (χ0) is 17.5. The van der Waals surface area contributed by atoms with E-state index in [-0.39, 0.29) is 23.7 Å². The number of likely N-dealkylation sites (tertiary alicyclic amines) is 1. The van der Waals surface area contributed by atoms with Crippen LogP contribution in [0, 0.1) is 0 Å². The highest BCUT2D eigenvalue weighted by molar-refractivity contribution is 5.99. The molecule has 7 nitrogen and oxygen atoms in total. The van der Waals surface area contributed by atoms with E-state index in [0.29, 0.717) is 32.4 Å². The Hall–Kier alpha value is -1.83. The third kappa shape index (κ3) is 2.94. The highest BCUT2D eigenvalue weighted by Gasteiger charge is 2.49. The van der Waals surface area contributed by atoms with Crippen LogP contribution in [-0.4, -0.2) is 68.2 Å². The fourth-order valence-electron chi connectivity index (χ4n) is 3.60. The summed E-state index contributed by atoms with van der Waals surface area (Å²) in [5.41, 5.74) is -1.86. The highest BCUT2D eigenvalue weighted by Crippen LogP contribution is 2.40. The normalized spacial score (nSPS) is 29.6. The van der Waals surface area contributed by atoms with Crippen molar-refractivity contribution in [3.63, 3.8) is 0 Å². The smallest absolute Gasteiger partial charge is 0.261 e. The van der Waals surface area contributed by atoms with Gasteiger partial charge >= 0.3 is 0 Å². The van der Waals surface area contributed by atoms with E-state index in [1.165, 1.54) is 18.2 Å². The lowest BCUT2D eigenvalue weighted by Crippen LogP contribution is -2.59. The van der Waals surface area contributed by atoms with Crippen LogP contribution in [0.2, 0.25) is 0 Å². The van der Waals surface area contributed by atoms with Gasteiger partial charge in [0.15, 0.2) is 0 Å². The molecule has 2 heterocycles. The molecular formula is C17H23NO6. The summed E-state index contributed by atoms with van der Waals surface area (Å²) in [5.74, 6) is -0.927. The molecule has 2 atom stereocenters. The van der Waals surface area contributed by atoms with Crippen LogP contribution in [0.5, 0.6) is 11.5 Å². The lowest BCUT2D eigenvalue weighted by Gasteiger charge is -2.49. The Morgan fingerprint density at radius 3 is 2.38 bits per heavy atom. The topological polar surface area (TPSA) is 110 Å². The first-order chi connectivity index (χ1) is 11.2. The molecule has 0 aromatic heterocycles. The van der Waals surface area contributed by atoms with Crippen LogP contribution in [0.3, 0.4) is 0 Å². The third-order valence-corrected chi connectivity index (χ3v) is 5.14. The molecule has 24 heavy (non-hydrogen) atoms. The van der Waals surface area contributed by atoms with Gasteiger partial charge in [-0.1, -0.05) is 6.07 Å². The summed E-state index contributed by atoms with van der Waals surface area (Å²) in [4.78, 5) is 14.1. The van der Waals surface area contributed by atoms with E-state index >= 15 is 0 Å². The first kappa shape index (κ1) is 17.0. The first-order valence-electron chi connectivity index (χ1n) is 8.09. The molecule has 7 heteroatoms. The molecular weight excluding hydrogens is 314 g/mol. The Bertz CT molecular complexity index is 616. The van der Waals surface area contributed by atoms with Crippen LogP contribution >= 0.6 is 0 Å². The maximum absolute atomic E-state index is 12.6. The number of amides is 1. The van der Waals surface area contributed by atoms with Crippen molar-refractivity contribution in [1.82, 2.24) is 4.90 Å². The number of aliphatic hydroxyl groups excluding tert-OH is 1. The number of phenolic OH excluding ortho intramolecular Hbond substituents is 2. The average molecular weight is 337 g/mol. The number of piperidine rings is 1. The van der Waals surface area contributed by atoms with Gasteiger partial charge in [0, 0.05) is 19.5 Å². The molecule has 1 amide bonds. The molecule has 1 aromatic carbocycles. The number of aliphatic hydroxyl groups is 2. The van der Waals surface area contributed by atoms with Crippen molar-refractivity contribution in [1.29, 1.82) is 0 Å². The molecule has 132 valence electrons. The number of nitrogens with zero attached hydrogens (tertiary/aromatic N) is 1. The van der Waals surface area contributed by atoms with Gasteiger partial charge in [0.05, 0.1) is 17.8 Å². The van der Waals surface area contributed by atoms with E-state index in [9.17, 15) is 25.2 Å². The SMILES string of the molecule is C[C@]1(O)CC2(CCN(C(=O)c3c(O)cccc3O)CC2)OC[C@@H]1O. The largest absolute Gasteiger partial charge is 0.507 e. The number of benzene rings is 1. The summed E-state index contributed by atoms with van der Waals surface area (Å²) in [7, 11) is 0. The number of ether oxygens (including phenoxy) is 1. The fraction of sp³-hybridized carbons (Fsp3) is 0.588. The lowest BCUT2D eigenvalue weighted by molar-refractivity contribution is -0.221. The van der Waals surface area contributed by atoms with Crippen molar-refractivity contribution < 1.29 is 30.0 Å². The highest BCUT2D eigenvalue weighted by atomic mass is 16.5. The van der Waals surface area contributed by atoms with Gasteiger partial charge < -0.3 is 30.1 Å². The Morgan fingerprint density at radius 1 is 1.25 bits per heavy atom. The molecule has 4 N–H and O–H groups in total. The van der Waals surface area contributed by atoms with Gasteiger partial charge in [0.1, 0.15) is 23.2 Å². The predicted octanol–water partition coefficient (Wildman–Crippen LogP) is 0.605. The number of rotatable bonds is 1. The first-order valence-corrected chi connectivity index (χ1v) is 8.09. The Kier molecular flexibility index (Phi) is 4.19. The van der Waals surface area contributed by atoms with Crippen molar-refractivity contribution in [2.75, 3.05) is 19.7 Å². The lowest BCUT2D eigenvalue weighted by atomic mass is 9.76. The van der Waals surface area contributed by atoms with Crippen molar-refractivity contribution in [3.8, 4) is 11.5 Å². The van der Waals surface area contributed by atoms with E-state index in [2.05, 4.69) is 0 Å². The zero-order valence-electron chi connectivity index (χ0n) is 13.6. The summed E-state index contributed by atoms with van der Waals surface area (Å²) in [5, 5.41) is 39.8. The van der Waals surface area contributed by atoms with Crippen molar-refractivity contribution in [3.05, 3.63) is 23.8 Å². The van der Waals surface area contributed by atoms with Gasteiger partial charge in [-0.3, -0.25) is 4.79 Å². The predicted molar refractivity (Wildman–Crippen MR) is 84.8 cm³/mol. The Labute approximate surface area is 140 Å². The van der Waals surface area contributed by atoms with Gasteiger partial charge in [0.2, 0.25) is 0 Å². The summed E-state index contributed by atoms with van der Waals surface area (Å²) in [6.07, 6.45) is 0.442. The van der Waals surface area contributed by atoms with Gasteiger partial charge in [-0.15, -0.1) is 0 Å². The molecule has 1 aromatic rings. The Balaban J connectivity index is 1.70. The molecule has 0 saturated carbocycles. The monoisotopic (exact) mass is 337 g/mol. The minimum absolute atomic E-state index is 0.0706. The van der Waals surface area contributed by atoms with Crippen molar-refractivity contribution >= 4 is 5.91 Å². The second-order valence-electron chi connectivity index (χ2n) is 7.01. The summed E-state index contributed by atoms with van der Waals surface area (Å²) in [6, 6.07) is 4.19. The molecule has 2 fully saturated rings. The molecule has 2 aliphatic heterocycles. The van der Waals surface area contributed by atoms with Crippen LogP contribution in [0.1, 0.15) is 36.5 Å². The maximum Gasteiger partial charge on any atom is 0.261 e. The van der Waals surface area contributed by atoms with Crippen LogP contribution < -0.4 is 0 Å². The van der Waals surface area contributed by atoms with E-state index in [1.54, 1.807) is 11.8 Å². The standard InChI is InChI=1S/C17H23NO6/c1-16(23)10-17(24-9-13(16)21)5-7-18(8-6-17)15(22)14-11(19)3-2-4-12(14)20/h2-4,13,19-21,23H,5-10H2,1H3/t13-,16-/m0/s1. The van der Waals surface area contributed by atoms with Crippen LogP contribution in [0.15, 0.2) is 18.2 Å². The van der Waals surface area contributed by atoms with Gasteiger partial charge in [-0.05, 0) is 31.9 Å². The molecule has 0 unspecified atom stereocenters. The molecule has 0 bridgehead atoms. The van der Waals surface area contributed by atoms with Crippen LogP contribution in [0.25, 0.3) is 0 Å². The second-order valence-corrected chi connectivity index (χ2v) is 7.01. The number of hydrogen-bond donors (Lipinski definition) is 4.